The minimum atomic E-state index is -0.355. The maximum Gasteiger partial charge on any atom is 0.234 e. The first kappa shape index (κ1) is 13.4. The standard InChI is InChI=1S/C12H18FN3O/c1-3-15-12(17)8-16(2)7-9-4-10(13)6-11(14)5-9/h4-6H,3,7-8,14H2,1-2H3,(H,15,17). The van der Waals surface area contributed by atoms with Gasteiger partial charge in [-0.3, -0.25) is 9.69 Å². The largest absolute Gasteiger partial charge is 0.399 e. The fourth-order valence-electron chi connectivity index (χ4n) is 1.63. The van der Waals surface area contributed by atoms with Crippen molar-refractivity contribution in [2.24, 2.45) is 0 Å². The van der Waals surface area contributed by atoms with Crippen LogP contribution in [0.4, 0.5) is 10.1 Å². The van der Waals surface area contributed by atoms with Gasteiger partial charge < -0.3 is 11.1 Å². The first-order chi connectivity index (χ1) is 8.01. The summed E-state index contributed by atoms with van der Waals surface area (Å²) in [6.07, 6.45) is 0. The number of nitrogens with zero attached hydrogens (tertiary/aromatic N) is 1. The lowest BCUT2D eigenvalue weighted by molar-refractivity contribution is -0.121. The second-order valence-electron chi connectivity index (χ2n) is 4.02. The average molecular weight is 239 g/mol. The number of hydrogen-bond acceptors (Lipinski definition) is 3. The minimum Gasteiger partial charge on any atom is -0.399 e. The molecule has 0 aliphatic carbocycles. The Kier molecular flexibility index (Phi) is 4.90. The molecule has 0 aliphatic heterocycles. The number of carbonyl (C=O) groups is 1. The van der Waals surface area contributed by atoms with Gasteiger partial charge in [-0.2, -0.15) is 0 Å². The van der Waals surface area contributed by atoms with Gasteiger partial charge in [0, 0.05) is 18.8 Å². The molecule has 0 bridgehead atoms. The summed E-state index contributed by atoms with van der Waals surface area (Å²) in [5.41, 5.74) is 6.70. The van der Waals surface area contributed by atoms with Crippen molar-refractivity contribution in [1.82, 2.24) is 10.2 Å². The van der Waals surface area contributed by atoms with Crippen LogP contribution in [0.25, 0.3) is 0 Å². The van der Waals surface area contributed by atoms with E-state index in [1.165, 1.54) is 12.1 Å². The Morgan fingerprint density at radius 1 is 1.47 bits per heavy atom. The predicted octanol–water partition coefficient (Wildman–Crippen LogP) is 0.976. The summed E-state index contributed by atoms with van der Waals surface area (Å²) in [5, 5.41) is 2.71. The zero-order chi connectivity index (χ0) is 12.8. The van der Waals surface area contributed by atoms with E-state index < -0.39 is 0 Å². The molecule has 0 saturated carbocycles. The van der Waals surface area contributed by atoms with Crippen LogP contribution in [-0.4, -0.2) is 30.9 Å². The van der Waals surface area contributed by atoms with Gasteiger partial charge in [0.1, 0.15) is 5.82 Å². The first-order valence-corrected chi connectivity index (χ1v) is 5.51. The van der Waals surface area contributed by atoms with E-state index in [2.05, 4.69) is 5.32 Å². The van der Waals surface area contributed by atoms with Crippen LogP contribution in [0.15, 0.2) is 18.2 Å². The lowest BCUT2D eigenvalue weighted by Crippen LogP contribution is -2.34. The number of likely N-dealkylation sites (N-methyl/N-ethyl adjacent to an activating group) is 2. The fourth-order valence-corrected chi connectivity index (χ4v) is 1.63. The zero-order valence-corrected chi connectivity index (χ0v) is 10.2. The Morgan fingerprint density at radius 3 is 2.76 bits per heavy atom. The molecule has 0 radical (unpaired) electrons. The van der Waals surface area contributed by atoms with Gasteiger partial charge in [-0.1, -0.05) is 0 Å². The molecule has 0 saturated heterocycles. The molecule has 0 spiro atoms. The van der Waals surface area contributed by atoms with Gasteiger partial charge in [-0.25, -0.2) is 4.39 Å². The summed E-state index contributed by atoms with van der Waals surface area (Å²) >= 11 is 0. The molecule has 1 amide bonds. The highest BCUT2D eigenvalue weighted by atomic mass is 19.1. The molecular formula is C12H18FN3O. The molecule has 5 heteroatoms. The normalized spacial score (nSPS) is 10.6. The molecule has 1 aromatic rings. The van der Waals surface area contributed by atoms with Crippen molar-refractivity contribution in [3.05, 3.63) is 29.6 Å². The van der Waals surface area contributed by atoms with E-state index in [0.29, 0.717) is 18.8 Å². The Bertz CT molecular complexity index is 375. The Hall–Kier alpha value is -1.62. The van der Waals surface area contributed by atoms with Crippen LogP contribution in [0, 0.1) is 5.82 Å². The van der Waals surface area contributed by atoms with Crippen LogP contribution in [0.2, 0.25) is 0 Å². The van der Waals surface area contributed by atoms with Crippen molar-refractivity contribution in [3.63, 3.8) is 0 Å². The summed E-state index contributed by atoms with van der Waals surface area (Å²) in [6, 6.07) is 4.40. The zero-order valence-electron chi connectivity index (χ0n) is 10.2. The molecular weight excluding hydrogens is 221 g/mol. The van der Waals surface area contributed by atoms with Crippen molar-refractivity contribution in [1.29, 1.82) is 0 Å². The SMILES string of the molecule is CCNC(=O)CN(C)Cc1cc(N)cc(F)c1. The number of rotatable bonds is 5. The van der Waals surface area contributed by atoms with Crippen molar-refractivity contribution in [3.8, 4) is 0 Å². The number of amides is 1. The topological polar surface area (TPSA) is 58.4 Å². The van der Waals surface area contributed by atoms with E-state index >= 15 is 0 Å². The lowest BCUT2D eigenvalue weighted by atomic mass is 10.2. The molecule has 94 valence electrons. The third-order valence-corrected chi connectivity index (χ3v) is 2.22. The van der Waals surface area contributed by atoms with Gasteiger partial charge in [-0.15, -0.1) is 0 Å². The molecule has 3 N–H and O–H groups in total. The molecule has 17 heavy (non-hydrogen) atoms. The van der Waals surface area contributed by atoms with Crippen LogP contribution >= 0.6 is 0 Å². The average Bonchev–Trinajstić information content (AvgIpc) is 2.14. The third-order valence-electron chi connectivity index (χ3n) is 2.22. The van der Waals surface area contributed by atoms with E-state index in [0.717, 1.165) is 5.56 Å². The predicted molar refractivity (Wildman–Crippen MR) is 65.8 cm³/mol. The van der Waals surface area contributed by atoms with Gasteiger partial charge in [0.15, 0.2) is 0 Å². The monoisotopic (exact) mass is 239 g/mol. The van der Waals surface area contributed by atoms with E-state index in [1.54, 1.807) is 18.0 Å². The summed E-state index contributed by atoms with van der Waals surface area (Å²) in [7, 11) is 1.80. The van der Waals surface area contributed by atoms with Crippen LogP contribution in [0.1, 0.15) is 12.5 Å². The maximum atomic E-state index is 13.1. The molecule has 1 aromatic carbocycles. The van der Waals surface area contributed by atoms with Crippen molar-refractivity contribution < 1.29 is 9.18 Å². The Labute approximate surface area is 101 Å². The second kappa shape index (κ2) is 6.20. The van der Waals surface area contributed by atoms with Gasteiger partial charge in [-0.05, 0) is 37.7 Å². The molecule has 0 fully saturated rings. The molecule has 0 atom stereocenters. The number of carbonyl (C=O) groups excluding carboxylic acids is 1. The number of hydrogen-bond donors (Lipinski definition) is 2. The summed E-state index contributed by atoms with van der Waals surface area (Å²) < 4.78 is 13.1. The van der Waals surface area contributed by atoms with Gasteiger partial charge in [0.2, 0.25) is 5.91 Å². The lowest BCUT2D eigenvalue weighted by Gasteiger charge is -2.16. The highest BCUT2D eigenvalue weighted by Gasteiger charge is 2.07. The number of nitrogens with two attached hydrogens (primary N) is 1. The van der Waals surface area contributed by atoms with Crippen molar-refractivity contribution >= 4 is 11.6 Å². The minimum absolute atomic E-state index is 0.0422. The summed E-state index contributed by atoms with van der Waals surface area (Å²) in [5.74, 6) is -0.397. The summed E-state index contributed by atoms with van der Waals surface area (Å²) in [6.45, 7) is 3.24. The highest BCUT2D eigenvalue weighted by molar-refractivity contribution is 5.77. The molecule has 0 aliphatic rings. The summed E-state index contributed by atoms with van der Waals surface area (Å²) in [4.78, 5) is 13.1. The van der Waals surface area contributed by atoms with E-state index in [4.69, 9.17) is 5.73 Å². The quantitative estimate of drug-likeness (QED) is 0.753. The van der Waals surface area contributed by atoms with Crippen molar-refractivity contribution in [2.45, 2.75) is 13.5 Å². The van der Waals surface area contributed by atoms with Crippen LogP contribution in [-0.2, 0) is 11.3 Å². The van der Waals surface area contributed by atoms with E-state index in [9.17, 15) is 9.18 Å². The first-order valence-electron chi connectivity index (χ1n) is 5.51. The third kappa shape index (κ3) is 4.82. The van der Waals surface area contributed by atoms with Gasteiger partial charge >= 0.3 is 0 Å². The molecule has 0 unspecified atom stereocenters. The van der Waals surface area contributed by atoms with Crippen LogP contribution in [0.3, 0.4) is 0 Å². The van der Waals surface area contributed by atoms with E-state index in [1.807, 2.05) is 6.92 Å². The van der Waals surface area contributed by atoms with Gasteiger partial charge in [0.05, 0.1) is 6.54 Å². The van der Waals surface area contributed by atoms with E-state index in [-0.39, 0.29) is 18.3 Å². The number of nitrogen functional groups attached to an aromatic ring is 1. The molecule has 0 heterocycles. The maximum absolute atomic E-state index is 13.1. The number of halogens is 1. The molecule has 1 rings (SSSR count). The Morgan fingerprint density at radius 2 is 2.18 bits per heavy atom. The number of benzene rings is 1. The fraction of sp³-hybridized carbons (Fsp3) is 0.417. The van der Waals surface area contributed by atoms with Crippen LogP contribution < -0.4 is 11.1 Å². The number of nitrogens with one attached hydrogen (secondary N) is 1. The van der Waals surface area contributed by atoms with Crippen LogP contribution in [0.5, 0.6) is 0 Å². The highest BCUT2D eigenvalue weighted by Crippen LogP contribution is 2.12. The second-order valence-corrected chi connectivity index (χ2v) is 4.02. The van der Waals surface area contributed by atoms with Gasteiger partial charge in [0.25, 0.3) is 0 Å². The molecule has 0 aromatic heterocycles. The number of anilines is 1. The smallest absolute Gasteiger partial charge is 0.234 e. The molecule has 4 nitrogen and oxygen atoms in total. The van der Waals surface area contributed by atoms with Crippen molar-refractivity contribution in [2.75, 3.05) is 25.9 Å². The Balaban J connectivity index is 2.55.